The molecule has 0 unspecified atom stereocenters. The zero-order chi connectivity index (χ0) is 9.54. The van der Waals surface area contributed by atoms with Crippen molar-refractivity contribution < 1.29 is 9.52 Å². The van der Waals surface area contributed by atoms with Gasteiger partial charge in [0.1, 0.15) is 11.3 Å². The number of fused-ring (bicyclic) bond motifs is 3. The van der Waals surface area contributed by atoms with Gasteiger partial charge in [0.05, 0.1) is 0 Å². The van der Waals surface area contributed by atoms with Crippen LogP contribution in [0.2, 0.25) is 0 Å². The van der Waals surface area contributed by atoms with Crippen molar-refractivity contribution >= 4 is 11.0 Å². The van der Waals surface area contributed by atoms with Crippen LogP contribution in [0.3, 0.4) is 0 Å². The van der Waals surface area contributed by atoms with Crippen molar-refractivity contribution in [2.24, 2.45) is 0 Å². The highest BCUT2D eigenvalue weighted by Crippen LogP contribution is 2.33. The van der Waals surface area contributed by atoms with E-state index in [9.17, 15) is 5.11 Å². The van der Waals surface area contributed by atoms with Gasteiger partial charge in [0.25, 0.3) is 0 Å². The topological polar surface area (TPSA) is 33.0 Å². The quantitative estimate of drug-likeness (QED) is 0.621. The van der Waals surface area contributed by atoms with E-state index in [0.29, 0.717) is 0 Å². The number of furan rings is 1. The Hall–Kier alpha value is -1.44. The summed E-state index contributed by atoms with van der Waals surface area (Å²) in [5, 5.41) is 12.3. The first-order valence-electron chi connectivity index (χ1n) is 5.06. The first-order chi connectivity index (χ1) is 6.84. The van der Waals surface area contributed by atoms with E-state index >= 15 is 0 Å². The lowest BCUT2D eigenvalue weighted by Crippen LogP contribution is -1.98. The Morgan fingerprint density at radius 1 is 1.14 bits per heavy atom. The largest absolute Gasteiger partial charge is 0.461 e. The summed E-state index contributed by atoms with van der Waals surface area (Å²) >= 11 is 0. The van der Waals surface area contributed by atoms with E-state index in [1.54, 1.807) is 18.2 Å². The van der Waals surface area contributed by atoms with Crippen LogP contribution in [-0.4, -0.2) is 0 Å². The average Bonchev–Trinajstić information content (AvgIpc) is 2.56. The highest BCUT2D eigenvalue weighted by molar-refractivity contribution is 5.83. The molecule has 0 aliphatic heterocycles. The third kappa shape index (κ3) is 1.03. The van der Waals surface area contributed by atoms with Gasteiger partial charge < -0.3 is 4.42 Å². The predicted molar refractivity (Wildman–Crippen MR) is 53.0 cm³/mol. The minimum Gasteiger partial charge on any atom is -0.461 e. The molecule has 0 saturated carbocycles. The maximum absolute atomic E-state index is 11.2. The molecule has 0 amide bonds. The van der Waals surface area contributed by atoms with E-state index in [-0.39, 0.29) is 5.75 Å². The van der Waals surface area contributed by atoms with Crippen molar-refractivity contribution in [3.8, 4) is 5.75 Å². The normalized spacial score (nSPS) is 15.7. The van der Waals surface area contributed by atoms with Crippen molar-refractivity contribution in [3.63, 3.8) is 0 Å². The van der Waals surface area contributed by atoms with Gasteiger partial charge in [-0.25, -0.2) is 0 Å². The van der Waals surface area contributed by atoms with Gasteiger partial charge in [-0.15, -0.1) is 0 Å². The summed E-state index contributed by atoms with van der Waals surface area (Å²) in [5.74, 6) is 1.17. The smallest absolute Gasteiger partial charge is 0.179 e. The lowest BCUT2D eigenvalue weighted by molar-refractivity contribution is 0.355. The fraction of sp³-hybridized carbons (Fsp3) is 0.333. The van der Waals surface area contributed by atoms with E-state index in [1.165, 1.54) is 18.4 Å². The molecule has 0 bridgehead atoms. The van der Waals surface area contributed by atoms with Gasteiger partial charge in [-0.2, -0.15) is 0 Å². The molecule has 1 heterocycles. The lowest BCUT2D eigenvalue weighted by Gasteiger charge is -2.08. The molecule has 0 atom stereocenters. The van der Waals surface area contributed by atoms with Crippen LogP contribution in [0.5, 0.6) is 5.75 Å². The molecule has 1 aromatic carbocycles. The summed E-state index contributed by atoms with van der Waals surface area (Å²) in [6, 6.07) is 5.05. The predicted octanol–water partition coefficient (Wildman–Crippen LogP) is 3.46. The molecule has 1 aliphatic rings. The first-order valence-corrected chi connectivity index (χ1v) is 5.06. The second kappa shape index (κ2) is 2.77. The Kier molecular flexibility index (Phi) is 1.57. The third-order valence-corrected chi connectivity index (χ3v) is 2.93. The maximum atomic E-state index is 11.2. The third-order valence-electron chi connectivity index (χ3n) is 2.93. The van der Waals surface area contributed by atoms with Gasteiger partial charge in [-0.3, -0.25) is 5.11 Å². The number of benzene rings is 1. The summed E-state index contributed by atoms with van der Waals surface area (Å²) in [6.07, 6.45) is 4.51. The number of rotatable bonds is 0. The molecular formula is C12H11O2. The Labute approximate surface area is 82.2 Å². The van der Waals surface area contributed by atoms with Gasteiger partial charge in [0.15, 0.2) is 5.75 Å². The molecule has 0 fully saturated rings. The molecule has 0 spiro atoms. The van der Waals surface area contributed by atoms with Gasteiger partial charge in [0, 0.05) is 17.4 Å². The van der Waals surface area contributed by atoms with Crippen molar-refractivity contribution in [2.75, 3.05) is 0 Å². The zero-order valence-electron chi connectivity index (χ0n) is 7.88. The fourth-order valence-electron chi connectivity index (χ4n) is 2.24. The van der Waals surface area contributed by atoms with Crippen LogP contribution in [0, 0.1) is 0 Å². The molecule has 3 rings (SSSR count). The first kappa shape index (κ1) is 7.92. The van der Waals surface area contributed by atoms with Crippen LogP contribution in [0.25, 0.3) is 11.0 Å². The molecule has 2 aromatic rings. The molecule has 1 aromatic heterocycles. The standard InChI is InChI=1S/C12H11O2/c13-8-5-6-12-10(7-8)9-3-1-2-4-11(9)14-12/h5-7H,1-4H2. The summed E-state index contributed by atoms with van der Waals surface area (Å²) < 4.78 is 5.71. The summed E-state index contributed by atoms with van der Waals surface area (Å²) in [7, 11) is 0. The van der Waals surface area contributed by atoms with Gasteiger partial charge in [-0.05, 0) is 37.5 Å². The van der Waals surface area contributed by atoms with E-state index in [0.717, 1.165) is 29.6 Å². The molecule has 1 radical (unpaired) electrons. The molecule has 2 nitrogen and oxygen atoms in total. The highest BCUT2D eigenvalue weighted by atomic mass is 16.3. The summed E-state index contributed by atoms with van der Waals surface area (Å²) in [5.41, 5.74) is 2.14. The van der Waals surface area contributed by atoms with Gasteiger partial charge in [-0.1, -0.05) is 0 Å². The number of hydrogen-bond acceptors (Lipinski definition) is 1. The molecule has 2 heteroatoms. The van der Waals surface area contributed by atoms with Gasteiger partial charge >= 0.3 is 0 Å². The lowest BCUT2D eigenvalue weighted by atomic mass is 9.96. The van der Waals surface area contributed by atoms with Crippen LogP contribution < -0.4 is 0 Å². The number of hydrogen-bond donors (Lipinski definition) is 0. The fourth-order valence-corrected chi connectivity index (χ4v) is 2.24. The average molecular weight is 187 g/mol. The zero-order valence-corrected chi connectivity index (χ0v) is 7.88. The van der Waals surface area contributed by atoms with E-state index < -0.39 is 0 Å². The second-order valence-corrected chi connectivity index (χ2v) is 3.87. The Morgan fingerprint density at radius 2 is 2.00 bits per heavy atom. The maximum Gasteiger partial charge on any atom is 0.179 e. The van der Waals surface area contributed by atoms with E-state index in [2.05, 4.69) is 0 Å². The van der Waals surface area contributed by atoms with Crippen LogP contribution in [0.1, 0.15) is 24.2 Å². The monoisotopic (exact) mass is 187 g/mol. The van der Waals surface area contributed by atoms with Crippen LogP contribution >= 0.6 is 0 Å². The van der Waals surface area contributed by atoms with Gasteiger partial charge in [0.2, 0.25) is 0 Å². The van der Waals surface area contributed by atoms with Crippen LogP contribution in [0.4, 0.5) is 0 Å². The van der Waals surface area contributed by atoms with Crippen LogP contribution in [0.15, 0.2) is 22.6 Å². The van der Waals surface area contributed by atoms with Crippen molar-refractivity contribution in [3.05, 3.63) is 29.5 Å². The van der Waals surface area contributed by atoms with Crippen molar-refractivity contribution in [2.45, 2.75) is 25.7 Å². The van der Waals surface area contributed by atoms with Crippen molar-refractivity contribution in [1.29, 1.82) is 0 Å². The number of aryl methyl sites for hydroxylation is 2. The van der Waals surface area contributed by atoms with E-state index in [1.807, 2.05) is 0 Å². The molecule has 1 aliphatic carbocycles. The van der Waals surface area contributed by atoms with Crippen LogP contribution in [-0.2, 0) is 17.9 Å². The Morgan fingerprint density at radius 3 is 2.93 bits per heavy atom. The Bertz CT molecular complexity index is 482. The van der Waals surface area contributed by atoms with Crippen molar-refractivity contribution in [1.82, 2.24) is 0 Å². The van der Waals surface area contributed by atoms with E-state index in [4.69, 9.17) is 4.42 Å². The molecule has 0 N–H and O–H groups in total. The molecular weight excluding hydrogens is 176 g/mol. The molecule has 0 saturated heterocycles. The minimum absolute atomic E-state index is 0.0756. The SMILES string of the molecule is [O]c1ccc2oc3c(c2c1)CCCC3. The highest BCUT2D eigenvalue weighted by Gasteiger charge is 2.17. The molecule has 71 valence electrons. The minimum atomic E-state index is 0.0756. The Balaban J connectivity index is 2.32. The second-order valence-electron chi connectivity index (χ2n) is 3.87. The summed E-state index contributed by atoms with van der Waals surface area (Å²) in [4.78, 5) is 0. The molecule has 14 heavy (non-hydrogen) atoms. The summed E-state index contributed by atoms with van der Waals surface area (Å²) in [6.45, 7) is 0.